The number of aryl methyl sites for hydroxylation is 1. The first-order valence-electron chi connectivity index (χ1n) is 7.34. The summed E-state index contributed by atoms with van der Waals surface area (Å²) in [5, 5.41) is 11.4. The molecule has 5 heteroatoms. The summed E-state index contributed by atoms with van der Waals surface area (Å²) >= 11 is 1.51. The SMILES string of the molecule is Cc1cccc(N=c2scc(-c3ccc(F)cc3)n2CCO)c1. The third-order valence-electron chi connectivity index (χ3n) is 3.49. The van der Waals surface area contributed by atoms with Crippen molar-refractivity contribution in [1.82, 2.24) is 4.57 Å². The number of thiazole rings is 1. The predicted molar refractivity (Wildman–Crippen MR) is 91.2 cm³/mol. The van der Waals surface area contributed by atoms with Gasteiger partial charge in [-0.2, -0.15) is 0 Å². The summed E-state index contributed by atoms with van der Waals surface area (Å²) in [5.41, 5.74) is 3.86. The third-order valence-corrected chi connectivity index (χ3v) is 4.35. The second-order valence-electron chi connectivity index (χ2n) is 5.24. The summed E-state index contributed by atoms with van der Waals surface area (Å²) in [7, 11) is 0. The Morgan fingerprint density at radius 1 is 1.17 bits per heavy atom. The highest BCUT2D eigenvalue weighted by molar-refractivity contribution is 7.07. The van der Waals surface area contributed by atoms with Gasteiger partial charge in [0, 0.05) is 11.9 Å². The first-order valence-corrected chi connectivity index (χ1v) is 8.22. The molecule has 0 unspecified atom stereocenters. The van der Waals surface area contributed by atoms with Gasteiger partial charge in [-0.3, -0.25) is 0 Å². The summed E-state index contributed by atoms with van der Waals surface area (Å²) in [6.07, 6.45) is 0. The predicted octanol–water partition coefficient (Wildman–Crippen LogP) is 3.89. The van der Waals surface area contributed by atoms with Crippen molar-refractivity contribution in [1.29, 1.82) is 0 Å². The number of rotatable bonds is 4. The van der Waals surface area contributed by atoms with Crippen molar-refractivity contribution in [3.05, 3.63) is 70.1 Å². The molecule has 0 aliphatic rings. The Balaban J connectivity index is 2.10. The van der Waals surface area contributed by atoms with Crippen LogP contribution in [0.2, 0.25) is 0 Å². The molecule has 1 N–H and O–H groups in total. The number of aliphatic hydroxyl groups excluding tert-OH is 1. The lowest BCUT2D eigenvalue weighted by Gasteiger charge is -2.07. The lowest BCUT2D eigenvalue weighted by Crippen LogP contribution is -2.17. The molecule has 0 aliphatic carbocycles. The maximum atomic E-state index is 13.1. The Kier molecular flexibility index (Phi) is 4.69. The molecule has 0 saturated carbocycles. The maximum Gasteiger partial charge on any atom is 0.190 e. The van der Waals surface area contributed by atoms with E-state index >= 15 is 0 Å². The smallest absolute Gasteiger partial charge is 0.190 e. The molecule has 3 rings (SSSR count). The molecule has 0 radical (unpaired) electrons. The van der Waals surface area contributed by atoms with E-state index in [9.17, 15) is 9.50 Å². The van der Waals surface area contributed by atoms with E-state index < -0.39 is 0 Å². The van der Waals surface area contributed by atoms with E-state index in [2.05, 4.69) is 4.99 Å². The number of nitrogens with zero attached hydrogens (tertiary/aromatic N) is 2. The van der Waals surface area contributed by atoms with Gasteiger partial charge in [-0.25, -0.2) is 9.38 Å². The zero-order valence-corrected chi connectivity index (χ0v) is 13.6. The van der Waals surface area contributed by atoms with Gasteiger partial charge < -0.3 is 9.67 Å². The molecule has 0 amide bonds. The van der Waals surface area contributed by atoms with Gasteiger partial charge in [0.2, 0.25) is 0 Å². The van der Waals surface area contributed by atoms with E-state index in [1.807, 2.05) is 41.1 Å². The summed E-state index contributed by atoms with van der Waals surface area (Å²) in [6, 6.07) is 14.3. The Hall–Kier alpha value is -2.24. The Morgan fingerprint density at radius 2 is 1.96 bits per heavy atom. The molecule has 23 heavy (non-hydrogen) atoms. The first kappa shape index (κ1) is 15.6. The molecule has 1 aromatic heterocycles. The molecule has 1 heterocycles. The lowest BCUT2D eigenvalue weighted by molar-refractivity contribution is 0.275. The molecule has 3 aromatic rings. The van der Waals surface area contributed by atoms with E-state index in [0.29, 0.717) is 6.54 Å². The molecular formula is C18H17FN2OS. The summed E-state index contributed by atoms with van der Waals surface area (Å²) < 4.78 is 15.1. The van der Waals surface area contributed by atoms with Gasteiger partial charge in [-0.1, -0.05) is 12.1 Å². The highest BCUT2D eigenvalue weighted by Crippen LogP contribution is 2.21. The van der Waals surface area contributed by atoms with Crippen molar-refractivity contribution in [2.75, 3.05) is 6.61 Å². The summed E-state index contributed by atoms with van der Waals surface area (Å²) in [4.78, 5) is 5.49. The van der Waals surface area contributed by atoms with Crippen molar-refractivity contribution in [2.24, 2.45) is 4.99 Å². The number of halogens is 1. The van der Waals surface area contributed by atoms with Crippen LogP contribution < -0.4 is 4.80 Å². The fourth-order valence-electron chi connectivity index (χ4n) is 2.39. The fraction of sp³-hybridized carbons (Fsp3) is 0.167. The van der Waals surface area contributed by atoms with Gasteiger partial charge >= 0.3 is 0 Å². The van der Waals surface area contributed by atoms with Gasteiger partial charge in [-0.15, -0.1) is 11.3 Å². The van der Waals surface area contributed by atoms with E-state index in [1.54, 1.807) is 12.1 Å². The molecule has 0 fully saturated rings. The normalized spacial score (nSPS) is 11.9. The Bertz CT molecular complexity index is 865. The summed E-state index contributed by atoms with van der Waals surface area (Å²) in [5.74, 6) is -0.262. The largest absolute Gasteiger partial charge is 0.395 e. The molecular weight excluding hydrogens is 311 g/mol. The molecule has 3 nitrogen and oxygen atoms in total. The molecule has 118 valence electrons. The topological polar surface area (TPSA) is 37.5 Å². The highest BCUT2D eigenvalue weighted by Gasteiger charge is 2.08. The lowest BCUT2D eigenvalue weighted by atomic mass is 10.2. The number of aliphatic hydroxyl groups is 1. The zero-order valence-electron chi connectivity index (χ0n) is 12.7. The number of hydrogen-bond acceptors (Lipinski definition) is 3. The molecule has 2 aromatic carbocycles. The molecule has 0 atom stereocenters. The van der Waals surface area contributed by atoms with Crippen LogP contribution in [0.4, 0.5) is 10.1 Å². The highest BCUT2D eigenvalue weighted by atomic mass is 32.1. The van der Waals surface area contributed by atoms with Crippen molar-refractivity contribution >= 4 is 17.0 Å². The van der Waals surface area contributed by atoms with Crippen LogP contribution in [0, 0.1) is 12.7 Å². The van der Waals surface area contributed by atoms with Crippen molar-refractivity contribution in [3.8, 4) is 11.3 Å². The van der Waals surface area contributed by atoms with Crippen LogP contribution in [-0.4, -0.2) is 16.3 Å². The van der Waals surface area contributed by atoms with E-state index in [4.69, 9.17) is 0 Å². The van der Waals surface area contributed by atoms with Gasteiger partial charge in [0.25, 0.3) is 0 Å². The quantitative estimate of drug-likeness (QED) is 0.775. The molecule has 0 saturated heterocycles. The van der Waals surface area contributed by atoms with Gasteiger partial charge in [0.1, 0.15) is 5.82 Å². The minimum atomic E-state index is -0.262. The van der Waals surface area contributed by atoms with Crippen LogP contribution in [0.1, 0.15) is 5.56 Å². The minimum Gasteiger partial charge on any atom is -0.395 e. The minimum absolute atomic E-state index is 0.0198. The van der Waals surface area contributed by atoms with Crippen molar-refractivity contribution in [2.45, 2.75) is 13.5 Å². The van der Waals surface area contributed by atoms with Gasteiger partial charge in [-0.05, 0) is 54.4 Å². The van der Waals surface area contributed by atoms with E-state index in [1.165, 1.54) is 23.5 Å². The van der Waals surface area contributed by atoms with Crippen molar-refractivity contribution in [3.63, 3.8) is 0 Å². The average Bonchev–Trinajstić information content (AvgIpc) is 2.91. The Labute approximate surface area is 138 Å². The van der Waals surface area contributed by atoms with Crippen LogP contribution >= 0.6 is 11.3 Å². The van der Waals surface area contributed by atoms with Crippen molar-refractivity contribution < 1.29 is 9.50 Å². The zero-order chi connectivity index (χ0) is 16.2. The molecule has 0 spiro atoms. The second kappa shape index (κ2) is 6.89. The van der Waals surface area contributed by atoms with Crippen LogP contribution in [0.5, 0.6) is 0 Å². The van der Waals surface area contributed by atoms with Crippen LogP contribution in [0.15, 0.2) is 58.9 Å². The van der Waals surface area contributed by atoms with Crippen LogP contribution in [-0.2, 0) is 6.54 Å². The fourth-order valence-corrected chi connectivity index (χ4v) is 3.35. The van der Waals surface area contributed by atoms with Gasteiger partial charge in [0.15, 0.2) is 4.80 Å². The number of hydrogen-bond donors (Lipinski definition) is 1. The van der Waals surface area contributed by atoms with E-state index in [-0.39, 0.29) is 12.4 Å². The third kappa shape index (κ3) is 3.57. The first-order chi connectivity index (χ1) is 11.2. The molecule has 0 bridgehead atoms. The second-order valence-corrected chi connectivity index (χ2v) is 6.07. The molecule has 0 aliphatic heterocycles. The monoisotopic (exact) mass is 328 g/mol. The van der Waals surface area contributed by atoms with E-state index in [0.717, 1.165) is 27.3 Å². The number of aromatic nitrogens is 1. The Morgan fingerprint density at radius 3 is 2.65 bits per heavy atom. The van der Waals surface area contributed by atoms with Crippen LogP contribution in [0.3, 0.4) is 0 Å². The number of benzene rings is 2. The van der Waals surface area contributed by atoms with Crippen LogP contribution in [0.25, 0.3) is 11.3 Å². The van der Waals surface area contributed by atoms with Gasteiger partial charge in [0.05, 0.1) is 18.0 Å². The standard InChI is InChI=1S/C18H17FN2OS/c1-13-3-2-4-16(11-13)20-18-21(9-10-22)17(12-23-18)14-5-7-15(19)8-6-14/h2-8,11-12,22H,9-10H2,1H3. The maximum absolute atomic E-state index is 13.1. The summed E-state index contributed by atoms with van der Waals surface area (Å²) in [6.45, 7) is 2.49. The average molecular weight is 328 g/mol.